The standard InChI is InChI=1S/C19H15F2N3O2S/c1-22-19-24(23-10-13-2-4-14(20)9-15(13)21)16(11-27-19)12-3-5-17-18(8-12)26-7-6-25-17/h2-5,8-11H,6-7H2,1H3/b22-19?,23-10-. The van der Waals surface area contributed by atoms with Crippen molar-refractivity contribution in [2.24, 2.45) is 10.1 Å². The van der Waals surface area contributed by atoms with Crippen LogP contribution in [0.25, 0.3) is 11.3 Å². The summed E-state index contributed by atoms with van der Waals surface area (Å²) in [7, 11) is 1.66. The number of aromatic nitrogens is 1. The molecule has 5 nitrogen and oxygen atoms in total. The van der Waals surface area contributed by atoms with Crippen molar-refractivity contribution >= 4 is 17.6 Å². The first-order valence-electron chi connectivity index (χ1n) is 8.18. The Morgan fingerprint density at radius 2 is 1.89 bits per heavy atom. The molecule has 0 spiro atoms. The van der Waals surface area contributed by atoms with Crippen LogP contribution in [0.5, 0.6) is 11.5 Å². The molecule has 0 saturated heterocycles. The predicted octanol–water partition coefficient (Wildman–Crippen LogP) is 3.68. The molecule has 0 fully saturated rings. The van der Waals surface area contributed by atoms with Gasteiger partial charge < -0.3 is 9.47 Å². The highest BCUT2D eigenvalue weighted by molar-refractivity contribution is 7.07. The Kier molecular flexibility index (Phi) is 4.72. The zero-order valence-corrected chi connectivity index (χ0v) is 15.2. The van der Waals surface area contributed by atoms with Crippen LogP contribution in [0.1, 0.15) is 5.56 Å². The van der Waals surface area contributed by atoms with Crippen molar-refractivity contribution in [3.8, 4) is 22.8 Å². The van der Waals surface area contributed by atoms with E-state index in [4.69, 9.17) is 9.47 Å². The first-order chi connectivity index (χ1) is 13.2. The van der Waals surface area contributed by atoms with Crippen molar-refractivity contribution in [3.05, 3.63) is 63.8 Å². The van der Waals surface area contributed by atoms with Crippen molar-refractivity contribution in [1.29, 1.82) is 0 Å². The minimum Gasteiger partial charge on any atom is -0.486 e. The Labute approximate surface area is 157 Å². The molecule has 27 heavy (non-hydrogen) atoms. The second kappa shape index (κ2) is 7.32. The van der Waals surface area contributed by atoms with Crippen molar-refractivity contribution in [1.82, 2.24) is 4.68 Å². The Hall–Kier alpha value is -3.00. The number of hydrogen-bond acceptors (Lipinski definition) is 5. The Morgan fingerprint density at radius 3 is 2.67 bits per heavy atom. The highest BCUT2D eigenvalue weighted by Gasteiger charge is 2.15. The maximum atomic E-state index is 13.9. The molecule has 2 aromatic carbocycles. The molecular formula is C19H15F2N3O2S. The summed E-state index contributed by atoms with van der Waals surface area (Å²) in [4.78, 5) is 4.85. The second-order valence-corrected chi connectivity index (χ2v) is 6.54. The summed E-state index contributed by atoms with van der Waals surface area (Å²) in [5.74, 6) is 0.0589. The lowest BCUT2D eigenvalue weighted by Gasteiger charge is -2.18. The van der Waals surface area contributed by atoms with Gasteiger partial charge in [0.15, 0.2) is 11.5 Å². The van der Waals surface area contributed by atoms with Crippen LogP contribution in [0.2, 0.25) is 0 Å². The summed E-state index contributed by atoms with van der Waals surface area (Å²) in [6.45, 7) is 1.02. The number of thiazole rings is 1. The van der Waals surface area contributed by atoms with E-state index >= 15 is 0 Å². The minimum atomic E-state index is -0.676. The molecule has 8 heteroatoms. The third-order valence-corrected chi connectivity index (χ3v) is 4.90. The van der Waals surface area contributed by atoms with Crippen molar-refractivity contribution in [2.75, 3.05) is 20.3 Å². The molecule has 1 aliphatic rings. The highest BCUT2D eigenvalue weighted by atomic mass is 32.1. The zero-order chi connectivity index (χ0) is 18.8. The molecule has 0 aliphatic carbocycles. The molecule has 0 bridgehead atoms. The lowest BCUT2D eigenvalue weighted by molar-refractivity contribution is 0.171. The first kappa shape index (κ1) is 17.4. The fraction of sp³-hybridized carbons (Fsp3) is 0.158. The van der Waals surface area contributed by atoms with E-state index in [1.54, 1.807) is 11.7 Å². The van der Waals surface area contributed by atoms with E-state index in [1.807, 2.05) is 23.6 Å². The largest absolute Gasteiger partial charge is 0.486 e. The Balaban J connectivity index is 1.76. The summed E-state index contributed by atoms with van der Waals surface area (Å²) in [5.41, 5.74) is 1.82. The maximum absolute atomic E-state index is 13.9. The van der Waals surface area contributed by atoms with Crippen LogP contribution in [-0.4, -0.2) is 31.2 Å². The Morgan fingerprint density at radius 1 is 1.07 bits per heavy atom. The molecule has 138 valence electrons. The molecule has 4 rings (SSSR count). The highest BCUT2D eigenvalue weighted by Crippen LogP contribution is 2.34. The van der Waals surface area contributed by atoms with Gasteiger partial charge in [-0.1, -0.05) is 0 Å². The second-order valence-electron chi connectivity index (χ2n) is 5.71. The third-order valence-electron chi connectivity index (χ3n) is 3.99. The molecule has 1 aromatic heterocycles. The van der Waals surface area contributed by atoms with Gasteiger partial charge in [0.1, 0.15) is 24.8 Å². The molecule has 2 heterocycles. The first-order valence-corrected chi connectivity index (χ1v) is 9.06. The number of nitrogens with zero attached hydrogens (tertiary/aromatic N) is 3. The van der Waals surface area contributed by atoms with Gasteiger partial charge in [-0.05, 0) is 30.3 Å². The van der Waals surface area contributed by atoms with Gasteiger partial charge in [0, 0.05) is 29.6 Å². The van der Waals surface area contributed by atoms with Crippen molar-refractivity contribution < 1.29 is 18.3 Å². The van der Waals surface area contributed by atoms with E-state index in [0.29, 0.717) is 29.5 Å². The molecule has 1 aliphatic heterocycles. The normalized spacial score (nSPS) is 14.1. The predicted molar refractivity (Wildman–Crippen MR) is 99.6 cm³/mol. The molecule has 0 unspecified atom stereocenters. The average molecular weight is 387 g/mol. The zero-order valence-electron chi connectivity index (χ0n) is 14.4. The molecule has 3 aromatic rings. The van der Waals surface area contributed by atoms with Gasteiger partial charge in [0.25, 0.3) is 0 Å². The van der Waals surface area contributed by atoms with Gasteiger partial charge in [-0.15, -0.1) is 11.3 Å². The fourth-order valence-electron chi connectivity index (χ4n) is 2.69. The summed E-state index contributed by atoms with van der Waals surface area (Å²) in [5, 5.41) is 6.27. The van der Waals surface area contributed by atoms with Crippen LogP contribution in [0.4, 0.5) is 8.78 Å². The summed E-state index contributed by atoms with van der Waals surface area (Å²) in [6.07, 6.45) is 1.34. The van der Waals surface area contributed by atoms with Gasteiger partial charge in [-0.2, -0.15) is 5.10 Å². The minimum absolute atomic E-state index is 0.185. The van der Waals surface area contributed by atoms with Crippen LogP contribution in [0.3, 0.4) is 0 Å². The van der Waals surface area contributed by atoms with Crippen LogP contribution in [0.15, 0.2) is 51.9 Å². The van der Waals surface area contributed by atoms with Gasteiger partial charge in [-0.3, -0.25) is 4.99 Å². The monoisotopic (exact) mass is 387 g/mol. The van der Waals surface area contributed by atoms with E-state index < -0.39 is 11.6 Å². The number of ether oxygens (including phenoxy) is 2. The molecular weight excluding hydrogens is 372 g/mol. The summed E-state index contributed by atoms with van der Waals surface area (Å²) in [6, 6.07) is 8.98. The van der Waals surface area contributed by atoms with Crippen LogP contribution >= 0.6 is 11.3 Å². The van der Waals surface area contributed by atoms with Crippen LogP contribution in [-0.2, 0) is 0 Å². The molecule has 0 saturated carbocycles. The number of benzene rings is 2. The van der Waals surface area contributed by atoms with Gasteiger partial charge >= 0.3 is 0 Å². The average Bonchev–Trinajstić information content (AvgIpc) is 3.10. The van der Waals surface area contributed by atoms with E-state index in [9.17, 15) is 8.78 Å². The SMILES string of the molecule is CN=c1scc(-c2ccc3c(c2)OCCO3)n1/N=C\c1ccc(F)cc1F. The summed E-state index contributed by atoms with van der Waals surface area (Å²) >= 11 is 1.41. The Bertz CT molecular complexity index is 1090. The third kappa shape index (κ3) is 3.48. The quantitative estimate of drug-likeness (QED) is 0.644. The number of halogens is 2. The van der Waals surface area contributed by atoms with E-state index in [1.165, 1.54) is 29.7 Å². The lowest BCUT2D eigenvalue weighted by atomic mass is 10.1. The molecule has 0 amide bonds. The topological polar surface area (TPSA) is 48.1 Å². The number of rotatable bonds is 3. The van der Waals surface area contributed by atoms with E-state index in [0.717, 1.165) is 17.3 Å². The van der Waals surface area contributed by atoms with Crippen LogP contribution in [0, 0.1) is 11.6 Å². The molecule has 0 radical (unpaired) electrons. The number of hydrogen-bond donors (Lipinski definition) is 0. The van der Waals surface area contributed by atoms with Gasteiger partial charge in [0.2, 0.25) is 4.80 Å². The van der Waals surface area contributed by atoms with Crippen molar-refractivity contribution in [3.63, 3.8) is 0 Å². The van der Waals surface area contributed by atoms with Crippen molar-refractivity contribution in [2.45, 2.75) is 0 Å². The van der Waals surface area contributed by atoms with Gasteiger partial charge in [-0.25, -0.2) is 13.5 Å². The van der Waals surface area contributed by atoms with E-state index in [2.05, 4.69) is 10.1 Å². The smallest absolute Gasteiger partial charge is 0.205 e. The molecule has 0 atom stereocenters. The van der Waals surface area contributed by atoms with Gasteiger partial charge in [0.05, 0.1) is 11.9 Å². The maximum Gasteiger partial charge on any atom is 0.205 e. The van der Waals surface area contributed by atoms with Crippen LogP contribution < -0.4 is 14.3 Å². The lowest BCUT2D eigenvalue weighted by Crippen LogP contribution is -2.15. The number of fused-ring (bicyclic) bond motifs is 1. The molecule has 0 N–H and O–H groups in total. The fourth-order valence-corrected chi connectivity index (χ4v) is 3.49. The summed E-state index contributed by atoms with van der Waals surface area (Å²) < 4.78 is 39.8. The van der Waals surface area contributed by atoms with E-state index in [-0.39, 0.29) is 5.56 Å².